The molecular weight excluding hydrogens is 213 g/mol. The number of ether oxygens (including phenoxy) is 2. The zero-order valence-electron chi connectivity index (χ0n) is 9.20. The number of carbonyl (C=O) groups is 1. The summed E-state index contributed by atoms with van der Waals surface area (Å²) >= 11 is 0. The summed E-state index contributed by atoms with van der Waals surface area (Å²) in [6.45, 7) is 1.90. The fourth-order valence-corrected chi connectivity index (χ4v) is 1.27. The van der Waals surface area contributed by atoms with Gasteiger partial charge in [0, 0.05) is 12.8 Å². The number of carbonyl (C=O) groups excluding carboxylic acids is 1. The molecular formula is C11H14FNO3. The van der Waals surface area contributed by atoms with Gasteiger partial charge in [0.25, 0.3) is 0 Å². The van der Waals surface area contributed by atoms with Crippen LogP contribution in [0.2, 0.25) is 0 Å². The number of halogens is 1. The van der Waals surface area contributed by atoms with Gasteiger partial charge >= 0.3 is 5.97 Å². The van der Waals surface area contributed by atoms with Crippen LogP contribution in [-0.4, -0.2) is 25.8 Å². The van der Waals surface area contributed by atoms with Crippen LogP contribution in [0.1, 0.15) is 17.3 Å². The Kier molecular flexibility index (Phi) is 4.25. The largest absolute Gasteiger partial charge is 0.456 e. The quantitative estimate of drug-likeness (QED) is 0.627. The van der Waals surface area contributed by atoms with Crippen molar-refractivity contribution in [3.05, 3.63) is 29.6 Å². The number of hydrogen-bond donors (Lipinski definition) is 1. The molecule has 0 spiro atoms. The number of nitrogens with two attached hydrogens (primary N) is 1. The van der Waals surface area contributed by atoms with Crippen molar-refractivity contribution in [2.24, 2.45) is 0 Å². The SMILES string of the molecule is COCC(C)OC(=O)c1c(N)cccc1F. The Balaban J connectivity index is 2.80. The van der Waals surface area contributed by atoms with Crippen molar-refractivity contribution >= 4 is 11.7 Å². The predicted octanol–water partition coefficient (Wildman–Crippen LogP) is 1.60. The van der Waals surface area contributed by atoms with E-state index in [-0.39, 0.29) is 17.9 Å². The fraction of sp³-hybridized carbons (Fsp3) is 0.364. The molecule has 0 bridgehead atoms. The molecule has 1 aromatic carbocycles. The van der Waals surface area contributed by atoms with Crippen LogP contribution in [0.3, 0.4) is 0 Å². The molecule has 1 aromatic rings. The van der Waals surface area contributed by atoms with Crippen LogP contribution in [0, 0.1) is 5.82 Å². The van der Waals surface area contributed by atoms with E-state index in [1.54, 1.807) is 6.92 Å². The first-order valence-corrected chi connectivity index (χ1v) is 4.80. The summed E-state index contributed by atoms with van der Waals surface area (Å²) in [5, 5.41) is 0. The molecule has 0 aliphatic rings. The third-order valence-corrected chi connectivity index (χ3v) is 1.96. The lowest BCUT2D eigenvalue weighted by atomic mass is 10.1. The van der Waals surface area contributed by atoms with Crippen LogP contribution < -0.4 is 5.73 Å². The molecule has 0 amide bonds. The van der Waals surface area contributed by atoms with Crippen LogP contribution in [0.5, 0.6) is 0 Å². The Labute approximate surface area is 93.2 Å². The average Bonchev–Trinajstić information content (AvgIpc) is 2.17. The van der Waals surface area contributed by atoms with Crippen molar-refractivity contribution in [1.29, 1.82) is 0 Å². The molecule has 0 aliphatic heterocycles. The van der Waals surface area contributed by atoms with E-state index in [0.29, 0.717) is 0 Å². The molecule has 0 saturated carbocycles. The topological polar surface area (TPSA) is 61.5 Å². The number of methoxy groups -OCH3 is 1. The van der Waals surface area contributed by atoms with Gasteiger partial charge in [0.05, 0.1) is 6.61 Å². The molecule has 1 rings (SSSR count). The molecule has 16 heavy (non-hydrogen) atoms. The van der Waals surface area contributed by atoms with E-state index in [1.807, 2.05) is 0 Å². The van der Waals surface area contributed by atoms with Crippen molar-refractivity contribution in [2.75, 3.05) is 19.5 Å². The monoisotopic (exact) mass is 227 g/mol. The Morgan fingerprint density at radius 2 is 2.25 bits per heavy atom. The Morgan fingerprint density at radius 1 is 1.56 bits per heavy atom. The first kappa shape index (κ1) is 12.4. The molecule has 5 heteroatoms. The summed E-state index contributed by atoms with van der Waals surface area (Å²) < 4.78 is 23.1. The summed E-state index contributed by atoms with van der Waals surface area (Å²) in [5.74, 6) is -1.46. The minimum absolute atomic E-state index is 0.0645. The number of rotatable bonds is 4. The third kappa shape index (κ3) is 2.93. The lowest BCUT2D eigenvalue weighted by Crippen LogP contribution is -2.21. The van der Waals surface area contributed by atoms with Gasteiger partial charge in [-0.15, -0.1) is 0 Å². The van der Waals surface area contributed by atoms with E-state index in [0.717, 1.165) is 6.07 Å². The Bertz CT molecular complexity index is 361. The van der Waals surface area contributed by atoms with Gasteiger partial charge in [0.1, 0.15) is 17.5 Å². The van der Waals surface area contributed by atoms with Gasteiger partial charge in [0.15, 0.2) is 0 Å². The first-order chi connectivity index (χ1) is 7.56. The maximum absolute atomic E-state index is 13.3. The molecule has 0 radical (unpaired) electrons. The lowest BCUT2D eigenvalue weighted by Gasteiger charge is -2.13. The summed E-state index contributed by atoms with van der Waals surface area (Å²) in [5.41, 5.74) is 5.33. The van der Waals surface area contributed by atoms with Crippen molar-refractivity contribution in [1.82, 2.24) is 0 Å². The van der Waals surface area contributed by atoms with Gasteiger partial charge in [-0.2, -0.15) is 0 Å². The summed E-state index contributed by atoms with van der Waals surface area (Å²) in [6.07, 6.45) is -0.448. The highest BCUT2D eigenvalue weighted by atomic mass is 19.1. The highest BCUT2D eigenvalue weighted by Gasteiger charge is 2.18. The average molecular weight is 227 g/mol. The van der Waals surface area contributed by atoms with Crippen LogP contribution in [-0.2, 0) is 9.47 Å². The van der Waals surface area contributed by atoms with Gasteiger partial charge in [-0.3, -0.25) is 0 Å². The molecule has 1 atom stereocenters. The molecule has 2 N–H and O–H groups in total. The smallest absolute Gasteiger partial charge is 0.343 e. The van der Waals surface area contributed by atoms with Gasteiger partial charge in [-0.25, -0.2) is 9.18 Å². The first-order valence-electron chi connectivity index (χ1n) is 4.80. The summed E-state index contributed by atoms with van der Waals surface area (Å²) in [6, 6.07) is 4.04. The number of esters is 1. The van der Waals surface area contributed by atoms with Crippen LogP contribution in [0.15, 0.2) is 18.2 Å². The fourth-order valence-electron chi connectivity index (χ4n) is 1.27. The van der Waals surface area contributed by atoms with Gasteiger partial charge in [-0.1, -0.05) is 6.07 Å². The van der Waals surface area contributed by atoms with E-state index >= 15 is 0 Å². The van der Waals surface area contributed by atoms with Crippen molar-refractivity contribution in [3.63, 3.8) is 0 Å². The van der Waals surface area contributed by atoms with Gasteiger partial charge in [0.2, 0.25) is 0 Å². The number of nitrogen functional groups attached to an aromatic ring is 1. The summed E-state index contributed by atoms with van der Waals surface area (Å²) in [7, 11) is 1.49. The number of anilines is 1. The zero-order chi connectivity index (χ0) is 12.1. The molecule has 0 aromatic heterocycles. The second-order valence-electron chi connectivity index (χ2n) is 3.38. The van der Waals surface area contributed by atoms with Crippen LogP contribution >= 0.6 is 0 Å². The molecule has 0 saturated heterocycles. The van der Waals surface area contributed by atoms with Crippen molar-refractivity contribution < 1.29 is 18.7 Å². The van der Waals surface area contributed by atoms with E-state index in [1.165, 1.54) is 19.2 Å². The van der Waals surface area contributed by atoms with Crippen molar-refractivity contribution in [3.8, 4) is 0 Å². The van der Waals surface area contributed by atoms with Crippen LogP contribution in [0.25, 0.3) is 0 Å². The Hall–Kier alpha value is -1.62. The van der Waals surface area contributed by atoms with Gasteiger partial charge < -0.3 is 15.2 Å². The molecule has 0 fully saturated rings. The maximum atomic E-state index is 13.3. The second-order valence-corrected chi connectivity index (χ2v) is 3.38. The molecule has 1 unspecified atom stereocenters. The normalized spacial score (nSPS) is 12.2. The van der Waals surface area contributed by atoms with E-state index in [9.17, 15) is 9.18 Å². The number of hydrogen-bond acceptors (Lipinski definition) is 4. The highest BCUT2D eigenvalue weighted by molar-refractivity contribution is 5.95. The minimum Gasteiger partial charge on any atom is -0.456 e. The molecule has 4 nitrogen and oxygen atoms in total. The predicted molar refractivity (Wildman–Crippen MR) is 57.6 cm³/mol. The highest BCUT2D eigenvalue weighted by Crippen LogP contribution is 2.17. The Morgan fingerprint density at radius 3 is 2.81 bits per heavy atom. The van der Waals surface area contributed by atoms with E-state index in [4.69, 9.17) is 15.2 Å². The molecule has 0 aliphatic carbocycles. The standard InChI is InChI=1S/C11H14FNO3/c1-7(6-15-2)16-11(14)10-8(12)4-3-5-9(10)13/h3-5,7H,6,13H2,1-2H3. The van der Waals surface area contributed by atoms with E-state index in [2.05, 4.69) is 0 Å². The lowest BCUT2D eigenvalue weighted by molar-refractivity contribution is 0.0117. The molecule has 88 valence electrons. The minimum atomic E-state index is -0.778. The third-order valence-electron chi connectivity index (χ3n) is 1.96. The number of benzene rings is 1. The van der Waals surface area contributed by atoms with Gasteiger partial charge in [-0.05, 0) is 19.1 Å². The molecule has 0 heterocycles. The summed E-state index contributed by atoms with van der Waals surface area (Å²) in [4.78, 5) is 11.6. The van der Waals surface area contributed by atoms with Crippen LogP contribution in [0.4, 0.5) is 10.1 Å². The zero-order valence-corrected chi connectivity index (χ0v) is 9.20. The van der Waals surface area contributed by atoms with E-state index < -0.39 is 17.9 Å². The van der Waals surface area contributed by atoms with Crippen molar-refractivity contribution in [2.45, 2.75) is 13.0 Å². The maximum Gasteiger partial charge on any atom is 0.343 e. The second kappa shape index (κ2) is 5.46.